The van der Waals surface area contributed by atoms with Gasteiger partial charge in [0.1, 0.15) is 6.61 Å². The summed E-state index contributed by atoms with van der Waals surface area (Å²) in [5.74, 6) is 1.82. The lowest BCUT2D eigenvalue weighted by atomic mass is 10.2. The molecular weight excluding hydrogens is 278 g/mol. The lowest BCUT2D eigenvalue weighted by Crippen LogP contribution is -2.26. The van der Waals surface area contributed by atoms with Gasteiger partial charge in [0.05, 0.1) is 6.54 Å². The maximum Gasteiger partial charge on any atom is 0.246 e. The standard InChI is InChI=1S/C13H13N3O5/c1-18-6-11(17)14-5-12-15-13(16-21-12)8-2-3-9-10(4-8)20-7-19-9/h2-4H,5-7H2,1H3,(H,14,17). The van der Waals surface area contributed by atoms with E-state index in [0.717, 1.165) is 5.56 Å². The highest BCUT2D eigenvalue weighted by Crippen LogP contribution is 2.35. The van der Waals surface area contributed by atoms with Gasteiger partial charge < -0.3 is 24.1 Å². The van der Waals surface area contributed by atoms with E-state index in [1.165, 1.54) is 7.11 Å². The summed E-state index contributed by atoms with van der Waals surface area (Å²) in [6.45, 7) is 0.352. The topological polar surface area (TPSA) is 95.7 Å². The summed E-state index contributed by atoms with van der Waals surface area (Å²) in [6, 6.07) is 5.38. The van der Waals surface area contributed by atoms with Crippen LogP contribution < -0.4 is 14.8 Å². The van der Waals surface area contributed by atoms with Gasteiger partial charge in [0.15, 0.2) is 11.5 Å². The molecule has 2 aromatic rings. The number of hydrogen-bond acceptors (Lipinski definition) is 7. The van der Waals surface area contributed by atoms with E-state index in [1.807, 2.05) is 6.07 Å². The van der Waals surface area contributed by atoms with Crippen LogP contribution in [0.15, 0.2) is 22.7 Å². The van der Waals surface area contributed by atoms with Crippen molar-refractivity contribution < 1.29 is 23.5 Å². The average Bonchev–Trinajstić information content (AvgIpc) is 3.13. The maximum atomic E-state index is 11.3. The van der Waals surface area contributed by atoms with E-state index in [-0.39, 0.29) is 25.9 Å². The van der Waals surface area contributed by atoms with E-state index in [2.05, 4.69) is 15.5 Å². The number of hydrogen-bond donors (Lipinski definition) is 1. The van der Waals surface area contributed by atoms with Crippen molar-refractivity contribution in [3.05, 3.63) is 24.1 Å². The van der Waals surface area contributed by atoms with E-state index in [0.29, 0.717) is 23.2 Å². The molecule has 21 heavy (non-hydrogen) atoms. The van der Waals surface area contributed by atoms with Crippen molar-refractivity contribution in [2.24, 2.45) is 0 Å². The highest BCUT2D eigenvalue weighted by molar-refractivity contribution is 5.77. The van der Waals surface area contributed by atoms with Gasteiger partial charge in [-0.2, -0.15) is 4.98 Å². The lowest BCUT2D eigenvalue weighted by molar-refractivity contribution is -0.125. The minimum Gasteiger partial charge on any atom is -0.454 e. The summed E-state index contributed by atoms with van der Waals surface area (Å²) in [5.41, 5.74) is 0.748. The Hall–Kier alpha value is -2.61. The van der Waals surface area contributed by atoms with Crippen LogP contribution in [0.5, 0.6) is 11.5 Å². The summed E-state index contributed by atoms with van der Waals surface area (Å²) in [5, 5.41) is 6.47. The van der Waals surface area contributed by atoms with Crippen LogP contribution in [0.3, 0.4) is 0 Å². The summed E-state index contributed by atoms with van der Waals surface area (Å²) in [6.07, 6.45) is 0. The molecule has 1 N–H and O–H groups in total. The van der Waals surface area contributed by atoms with Crippen molar-refractivity contribution in [2.45, 2.75) is 6.54 Å². The zero-order chi connectivity index (χ0) is 14.7. The second-order valence-electron chi connectivity index (χ2n) is 4.29. The first-order chi connectivity index (χ1) is 10.3. The summed E-state index contributed by atoms with van der Waals surface area (Å²) in [4.78, 5) is 15.5. The molecule has 2 heterocycles. The predicted molar refractivity (Wildman–Crippen MR) is 69.6 cm³/mol. The number of benzene rings is 1. The van der Waals surface area contributed by atoms with Crippen molar-refractivity contribution in [1.82, 2.24) is 15.5 Å². The van der Waals surface area contributed by atoms with E-state index in [4.69, 9.17) is 18.7 Å². The van der Waals surface area contributed by atoms with Crippen LogP contribution in [0, 0.1) is 0 Å². The molecule has 1 aliphatic heterocycles. The third-order valence-electron chi connectivity index (χ3n) is 2.81. The number of ether oxygens (including phenoxy) is 3. The number of nitrogens with one attached hydrogen (secondary N) is 1. The molecule has 0 radical (unpaired) electrons. The van der Waals surface area contributed by atoms with Crippen LogP contribution >= 0.6 is 0 Å². The van der Waals surface area contributed by atoms with Crippen molar-refractivity contribution in [2.75, 3.05) is 20.5 Å². The molecule has 1 aromatic heterocycles. The molecule has 8 nitrogen and oxygen atoms in total. The molecule has 0 fully saturated rings. The Morgan fingerprint density at radius 1 is 1.38 bits per heavy atom. The second kappa shape index (κ2) is 5.80. The van der Waals surface area contributed by atoms with Gasteiger partial charge in [0, 0.05) is 12.7 Å². The van der Waals surface area contributed by atoms with Crippen molar-refractivity contribution >= 4 is 5.91 Å². The molecule has 0 saturated heterocycles. The Bertz CT molecular complexity index is 655. The van der Waals surface area contributed by atoms with Gasteiger partial charge in [-0.25, -0.2) is 0 Å². The highest BCUT2D eigenvalue weighted by Gasteiger charge is 2.16. The number of amides is 1. The number of carbonyl (C=O) groups is 1. The second-order valence-corrected chi connectivity index (χ2v) is 4.29. The number of methoxy groups -OCH3 is 1. The number of nitrogens with zero attached hydrogens (tertiary/aromatic N) is 2. The van der Waals surface area contributed by atoms with Gasteiger partial charge in [-0.1, -0.05) is 5.16 Å². The van der Waals surface area contributed by atoms with Gasteiger partial charge in [-0.3, -0.25) is 4.79 Å². The van der Waals surface area contributed by atoms with Crippen LogP contribution in [-0.2, 0) is 16.1 Å². The molecule has 0 aliphatic carbocycles. The minimum absolute atomic E-state index is 0.0108. The number of aromatic nitrogens is 2. The van der Waals surface area contributed by atoms with E-state index >= 15 is 0 Å². The molecule has 1 amide bonds. The van der Waals surface area contributed by atoms with E-state index < -0.39 is 0 Å². The molecule has 0 unspecified atom stereocenters. The quantitative estimate of drug-likeness (QED) is 0.867. The lowest BCUT2D eigenvalue weighted by Gasteiger charge is -1.99. The number of fused-ring (bicyclic) bond motifs is 1. The Labute approximate surface area is 120 Å². The molecule has 8 heteroatoms. The molecule has 1 aromatic carbocycles. The van der Waals surface area contributed by atoms with Gasteiger partial charge >= 0.3 is 0 Å². The van der Waals surface area contributed by atoms with Crippen LogP contribution in [0.1, 0.15) is 5.89 Å². The summed E-state index contributed by atoms with van der Waals surface area (Å²) < 4.78 is 20.3. The highest BCUT2D eigenvalue weighted by atomic mass is 16.7. The summed E-state index contributed by atoms with van der Waals surface area (Å²) >= 11 is 0. The number of rotatable bonds is 5. The molecule has 0 spiro atoms. The molecule has 0 saturated carbocycles. The van der Waals surface area contributed by atoms with Crippen LogP contribution in [0.25, 0.3) is 11.4 Å². The first-order valence-electron chi connectivity index (χ1n) is 6.24. The molecule has 1 aliphatic rings. The normalized spacial score (nSPS) is 12.4. The zero-order valence-electron chi connectivity index (χ0n) is 11.3. The zero-order valence-corrected chi connectivity index (χ0v) is 11.3. The third-order valence-corrected chi connectivity index (χ3v) is 2.81. The van der Waals surface area contributed by atoms with Crippen molar-refractivity contribution in [3.63, 3.8) is 0 Å². The Balaban J connectivity index is 1.68. The molecule has 0 atom stereocenters. The summed E-state index contributed by atoms with van der Waals surface area (Å²) in [7, 11) is 1.45. The van der Waals surface area contributed by atoms with Crippen LogP contribution in [0.4, 0.5) is 0 Å². The Morgan fingerprint density at radius 3 is 3.10 bits per heavy atom. The maximum absolute atomic E-state index is 11.3. The van der Waals surface area contributed by atoms with Crippen molar-refractivity contribution in [3.8, 4) is 22.9 Å². The molecule has 3 rings (SSSR count). The molecule has 110 valence electrons. The van der Waals surface area contributed by atoms with Gasteiger partial charge in [-0.05, 0) is 18.2 Å². The van der Waals surface area contributed by atoms with Gasteiger partial charge in [-0.15, -0.1) is 0 Å². The predicted octanol–water partition coefficient (Wildman–Crippen LogP) is 0.728. The average molecular weight is 291 g/mol. The monoisotopic (exact) mass is 291 g/mol. The minimum atomic E-state index is -0.250. The van der Waals surface area contributed by atoms with E-state index in [9.17, 15) is 4.79 Å². The van der Waals surface area contributed by atoms with Gasteiger partial charge in [0.25, 0.3) is 0 Å². The van der Waals surface area contributed by atoms with Crippen LogP contribution in [0.2, 0.25) is 0 Å². The largest absolute Gasteiger partial charge is 0.454 e. The van der Waals surface area contributed by atoms with Crippen LogP contribution in [-0.4, -0.2) is 36.6 Å². The van der Waals surface area contributed by atoms with E-state index in [1.54, 1.807) is 12.1 Å². The third kappa shape index (κ3) is 2.95. The molecular formula is C13H13N3O5. The fourth-order valence-corrected chi connectivity index (χ4v) is 1.84. The Morgan fingerprint density at radius 2 is 2.24 bits per heavy atom. The smallest absolute Gasteiger partial charge is 0.246 e. The SMILES string of the molecule is COCC(=O)NCc1nc(-c2ccc3c(c2)OCO3)no1. The first kappa shape index (κ1) is 13.4. The Kier molecular flexibility index (Phi) is 3.69. The van der Waals surface area contributed by atoms with Gasteiger partial charge in [0.2, 0.25) is 24.4 Å². The fourth-order valence-electron chi connectivity index (χ4n) is 1.84. The fraction of sp³-hybridized carbons (Fsp3) is 0.308. The number of carbonyl (C=O) groups excluding carboxylic acids is 1. The van der Waals surface area contributed by atoms with Crippen molar-refractivity contribution in [1.29, 1.82) is 0 Å². The molecule has 0 bridgehead atoms. The first-order valence-corrected chi connectivity index (χ1v) is 6.24.